The summed E-state index contributed by atoms with van der Waals surface area (Å²) in [5, 5.41) is 15.2. The van der Waals surface area contributed by atoms with Gasteiger partial charge in [0.05, 0.1) is 18.9 Å². The van der Waals surface area contributed by atoms with Crippen molar-refractivity contribution in [2.45, 2.75) is 12.8 Å². The van der Waals surface area contributed by atoms with Gasteiger partial charge in [-0.15, -0.1) is 0 Å². The van der Waals surface area contributed by atoms with Gasteiger partial charge in [-0.05, 0) is 36.6 Å². The van der Waals surface area contributed by atoms with E-state index in [1.165, 1.54) is 12.1 Å². The lowest BCUT2D eigenvalue weighted by Crippen LogP contribution is -2.25. The predicted molar refractivity (Wildman–Crippen MR) is 73.4 cm³/mol. The summed E-state index contributed by atoms with van der Waals surface area (Å²) < 4.78 is 5.21. The van der Waals surface area contributed by atoms with Gasteiger partial charge < -0.3 is 20.5 Å². The van der Waals surface area contributed by atoms with Gasteiger partial charge in [-0.3, -0.25) is 0 Å². The van der Waals surface area contributed by atoms with Crippen molar-refractivity contribution in [2.24, 2.45) is 0 Å². The Morgan fingerprint density at radius 2 is 2.11 bits per heavy atom. The number of halogens is 1. The normalized spacial score (nSPS) is 14.9. The maximum absolute atomic E-state index is 11.7. The maximum atomic E-state index is 11.7. The molecule has 5 nitrogen and oxygen atoms in total. The summed E-state index contributed by atoms with van der Waals surface area (Å²) in [6.45, 7) is 1.37. The number of rotatable bonds is 2. The molecule has 19 heavy (non-hydrogen) atoms. The van der Waals surface area contributed by atoms with Crippen LogP contribution in [0.4, 0.5) is 10.5 Å². The Morgan fingerprint density at radius 1 is 1.37 bits per heavy atom. The minimum atomic E-state index is -0.420. The first-order valence-corrected chi connectivity index (χ1v) is 6.34. The average Bonchev–Trinajstić information content (AvgIpc) is 2.42. The molecule has 6 heteroatoms. The molecule has 0 saturated carbocycles. The molecule has 1 aromatic carbocycles. The van der Waals surface area contributed by atoms with Crippen molar-refractivity contribution in [1.82, 2.24) is 5.32 Å². The lowest BCUT2D eigenvalue weighted by Gasteiger charge is -2.14. The first kappa shape index (κ1) is 13.7. The van der Waals surface area contributed by atoms with E-state index in [4.69, 9.17) is 16.3 Å². The quantitative estimate of drug-likeness (QED) is 0.731. The van der Waals surface area contributed by atoms with Gasteiger partial charge in [0.15, 0.2) is 0 Å². The molecule has 0 spiro atoms. The summed E-state index contributed by atoms with van der Waals surface area (Å²) >= 11 is 5.79. The fourth-order valence-corrected chi connectivity index (χ4v) is 1.88. The fourth-order valence-electron chi connectivity index (χ4n) is 1.71. The lowest BCUT2D eigenvalue weighted by atomic mass is 10.1. The Balaban J connectivity index is 1.92. The van der Waals surface area contributed by atoms with Gasteiger partial charge in [0, 0.05) is 11.2 Å². The van der Waals surface area contributed by atoms with Crippen LogP contribution in [0, 0.1) is 0 Å². The fraction of sp³-hybridized carbons (Fsp3) is 0.308. The van der Waals surface area contributed by atoms with E-state index in [-0.39, 0.29) is 11.4 Å². The zero-order valence-electron chi connectivity index (χ0n) is 10.3. The summed E-state index contributed by atoms with van der Waals surface area (Å²) in [6, 6.07) is 4.04. The van der Waals surface area contributed by atoms with Gasteiger partial charge in [-0.1, -0.05) is 11.6 Å². The van der Waals surface area contributed by atoms with Crippen molar-refractivity contribution < 1.29 is 14.6 Å². The minimum Gasteiger partial charge on any atom is -0.506 e. The highest BCUT2D eigenvalue weighted by atomic mass is 35.5. The number of ether oxygens (including phenoxy) is 1. The number of aromatic hydroxyl groups is 1. The van der Waals surface area contributed by atoms with Gasteiger partial charge in [0.1, 0.15) is 5.75 Å². The third-order valence-electron chi connectivity index (χ3n) is 2.75. The van der Waals surface area contributed by atoms with Crippen LogP contribution in [0.15, 0.2) is 30.0 Å². The predicted octanol–water partition coefficient (Wildman–Crippen LogP) is 2.86. The Kier molecular flexibility index (Phi) is 4.65. The molecule has 0 atom stereocenters. The molecule has 0 aromatic heterocycles. The molecular formula is C13H15ClN2O3. The maximum Gasteiger partial charge on any atom is 0.323 e. The molecule has 0 unspecified atom stereocenters. The average molecular weight is 283 g/mol. The van der Waals surface area contributed by atoms with Crippen LogP contribution in [0.3, 0.4) is 0 Å². The first-order chi connectivity index (χ1) is 9.15. The highest BCUT2D eigenvalue weighted by Gasteiger charge is 2.08. The number of phenolic OH excluding ortho intramolecular Hbond substituents is 1. The third kappa shape index (κ3) is 4.15. The van der Waals surface area contributed by atoms with E-state index >= 15 is 0 Å². The topological polar surface area (TPSA) is 70.6 Å². The van der Waals surface area contributed by atoms with Crippen LogP contribution in [-0.4, -0.2) is 24.4 Å². The van der Waals surface area contributed by atoms with E-state index in [2.05, 4.69) is 10.6 Å². The summed E-state index contributed by atoms with van der Waals surface area (Å²) in [7, 11) is 0. The van der Waals surface area contributed by atoms with Crippen LogP contribution < -0.4 is 10.6 Å². The third-order valence-corrected chi connectivity index (χ3v) is 2.98. The highest BCUT2D eigenvalue weighted by molar-refractivity contribution is 6.31. The Bertz CT molecular complexity index is 495. The number of nitrogens with one attached hydrogen (secondary N) is 2. The van der Waals surface area contributed by atoms with Crippen molar-refractivity contribution in [3.63, 3.8) is 0 Å². The van der Waals surface area contributed by atoms with E-state index in [0.717, 1.165) is 18.4 Å². The van der Waals surface area contributed by atoms with Gasteiger partial charge in [-0.2, -0.15) is 0 Å². The number of anilines is 1. The van der Waals surface area contributed by atoms with Crippen molar-refractivity contribution >= 4 is 23.3 Å². The standard InChI is InChI=1S/C13H15ClN2O3/c14-10-1-2-12(17)11(7-10)16-13(18)15-8-9-3-5-19-6-4-9/h1-2,7-8,17H,3-6H2,(H2,15,16,18). The van der Waals surface area contributed by atoms with Crippen LogP contribution in [0.5, 0.6) is 5.75 Å². The molecule has 1 heterocycles. The van der Waals surface area contributed by atoms with Crippen LogP contribution in [0.1, 0.15) is 12.8 Å². The first-order valence-electron chi connectivity index (χ1n) is 5.97. The monoisotopic (exact) mass is 282 g/mol. The second kappa shape index (κ2) is 6.45. The molecule has 3 N–H and O–H groups in total. The largest absolute Gasteiger partial charge is 0.506 e. The molecule has 0 radical (unpaired) electrons. The molecule has 2 rings (SSSR count). The number of amides is 2. The molecule has 102 valence electrons. The lowest BCUT2D eigenvalue weighted by molar-refractivity contribution is 0.119. The molecule has 1 fully saturated rings. The summed E-state index contributed by atoms with van der Waals surface area (Å²) in [4.78, 5) is 11.7. The minimum absolute atomic E-state index is 0.0294. The Labute approximate surface area is 116 Å². The van der Waals surface area contributed by atoms with Crippen LogP contribution in [-0.2, 0) is 4.74 Å². The summed E-state index contributed by atoms with van der Waals surface area (Å²) in [5.41, 5.74) is 1.41. The second-order valence-corrected chi connectivity index (χ2v) is 4.61. The van der Waals surface area contributed by atoms with E-state index in [1.807, 2.05) is 0 Å². The van der Waals surface area contributed by atoms with E-state index in [0.29, 0.717) is 18.2 Å². The molecule has 1 aliphatic heterocycles. The van der Waals surface area contributed by atoms with Gasteiger partial charge >= 0.3 is 6.03 Å². The van der Waals surface area contributed by atoms with E-state index in [1.54, 1.807) is 12.3 Å². The molecule has 2 amide bonds. The Hall–Kier alpha value is -1.72. The molecular weight excluding hydrogens is 268 g/mol. The smallest absolute Gasteiger partial charge is 0.323 e. The SMILES string of the molecule is O=C(NC=C1CCOCC1)Nc1cc(Cl)ccc1O. The number of hydrogen-bond donors (Lipinski definition) is 3. The summed E-state index contributed by atoms with van der Waals surface area (Å²) in [6.07, 6.45) is 3.32. The summed E-state index contributed by atoms with van der Waals surface area (Å²) in [5.74, 6) is -0.0294. The van der Waals surface area contributed by atoms with Crippen molar-refractivity contribution in [2.75, 3.05) is 18.5 Å². The van der Waals surface area contributed by atoms with Crippen LogP contribution in [0.25, 0.3) is 0 Å². The number of phenols is 1. The van der Waals surface area contributed by atoms with Gasteiger partial charge in [0.25, 0.3) is 0 Å². The van der Waals surface area contributed by atoms with Crippen molar-refractivity contribution in [3.05, 3.63) is 35.0 Å². The highest BCUT2D eigenvalue weighted by Crippen LogP contribution is 2.26. The number of hydrogen-bond acceptors (Lipinski definition) is 3. The number of carbonyl (C=O) groups is 1. The van der Waals surface area contributed by atoms with Gasteiger partial charge in [0.2, 0.25) is 0 Å². The molecule has 0 aliphatic carbocycles. The zero-order chi connectivity index (χ0) is 13.7. The number of carbonyl (C=O) groups excluding carboxylic acids is 1. The zero-order valence-corrected chi connectivity index (χ0v) is 11.0. The molecule has 1 aromatic rings. The van der Waals surface area contributed by atoms with Crippen LogP contribution in [0.2, 0.25) is 5.02 Å². The Morgan fingerprint density at radius 3 is 2.84 bits per heavy atom. The van der Waals surface area contributed by atoms with E-state index in [9.17, 15) is 9.90 Å². The number of benzene rings is 1. The molecule has 1 saturated heterocycles. The van der Waals surface area contributed by atoms with E-state index < -0.39 is 6.03 Å². The van der Waals surface area contributed by atoms with Gasteiger partial charge in [-0.25, -0.2) is 4.79 Å². The molecule has 0 bridgehead atoms. The molecule has 1 aliphatic rings. The number of urea groups is 1. The van der Waals surface area contributed by atoms with Crippen molar-refractivity contribution in [3.8, 4) is 5.75 Å². The van der Waals surface area contributed by atoms with Crippen molar-refractivity contribution in [1.29, 1.82) is 0 Å². The second-order valence-electron chi connectivity index (χ2n) is 4.17. The van der Waals surface area contributed by atoms with Crippen LogP contribution >= 0.6 is 11.6 Å².